The van der Waals surface area contributed by atoms with Gasteiger partial charge in [0.15, 0.2) is 0 Å². The lowest BCUT2D eigenvalue weighted by Gasteiger charge is -2.56. The van der Waals surface area contributed by atoms with Gasteiger partial charge in [-0.1, -0.05) is 164 Å². The molecule has 0 N–H and O–H groups in total. The lowest BCUT2D eigenvalue weighted by molar-refractivity contribution is 1.25. The van der Waals surface area contributed by atoms with Gasteiger partial charge >= 0.3 is 8.40 Å². The minimum Gasteiger partial charge on any atom is -0.342 e. The van der Waals surface area contributed by atoms with Crippen LogP contribution in [0.5, 0.6) is 0 Å². The second-order valence-electron chi connectivity index (χ2n) is 13.6. The minimum atomic E-state index is -3.17. The molecule has 8 aromatic carbocycles. The third-order valence-electron chi connectivity index (χ3n) is 11.1. The van der Waals surface area contributed by atoms with Gasteiger partial charge in [0.2, 0.25) is 0 Å². The lowest BCUT2D eigenvalue weighted by Crippen LogP contribution is -2.80. The highest BCUT2D eigenvalue weighted by atomic mass is 28.3. The third kappa shape index (κ3) is 3.81. The molecule has 238 valence electrons. The smallest absolute Gasteiger partial charge is 0.341 e. The van der Waals surface area contributed by atoms with Crippen LogP contribution in [0.15, 0.2) is 194 Å². The highest BCUT2D eigenvalue weighted by Gasteiger charge is 2.60. The Morgan fingerprint density at radius 3 is 1.10 bits per heavy atom. The highest BCUT2D eigenvalue weighted by Crippen LogP contribution is 2.58. The van der Waals surface area contributed by atoms with E-state index in [9.17, 15) is 0 Å². The molecule has 2 nitrogen and oxygen atoms in total. The summed E-state index contributed by atoms with van der Waals surface area (Å²) in [4.78, 5) is 0. The fourth-order valence-electron chi connectivity index (χ4n) is 9.12. The van der Waals surface area contributed by atoms with Crippen LogP contribution < -0.4 is 19.5 Å². The first-order valence-electron chi connectivity index (χ1n) is 17.7. The zero-order chi connectivity index (χ0) is 33.5. The Morgan fingerprint density at radius 1 is 0.255 bits per heavy atom. The van der Waals surface area contributed by atoms with Crippen molar-refractivity contribution in [1.29, 1.82) is 0 Å². The van der Waals surface area contributed by atoms with Crippen molar-refractivity contribution < 1.29 is 0 Å². The minimum absolute atomic E-state index is 1.21. The van der Waals surface area contributed by atoms with Gasteiger partial charge in [0, 0.05) is 45.0 Å². The first-order valence-corrected chi connectivity index (χ1v) is 19.6. The summed E-state index contributed by atoms with van der Waals surface area (Å²) in [6, 6.07) is 72.5. The molecular weight excluding hydrogens is 633 g/mol. The van der Waals surface area contributed by atoms with Crippen LogP contribution in [-0.2, 0) is 0 Å². The Hall–Kier alpha value is -6.42. The van der Waals surface area contributed by atoms with Crippen molar-refractivity contribution in [2.45, 2.75) is 0 Å². The van der Waals surface area contributed by atoms with Crippen molar-refractivity contribution in [2.24, 2.45) is 0 Å². The van der Waals surface area contributed by atoms with E-state index >= 15 is 0 Å². The van der Waals surface area contributed by atoms with Crippen LogP contribution in [0, 0.1) is 0 Å². The Morgan fingerprint density at radius 2 is 0.608 bits per heavy atom. The molecule has 0 saturated heterocycles. The molecule has 1 atom stereocenters. The Labute approximate surface area is 299 Å². The van der Waals surface area contributed by atoms with Gasteiger partial charge in [0.1, 0.15) is 0 Å². The number of para-hydroxylation sites is 3. The van der Waals surface area contributed by atoms with Crippen LogP contribution in [0.25, 0.3) is 55.6 Å². The number of hydrogen-bond acceptors (Lipinski definition) is 2. The Balaban J connectivity index is 1.38. The maximum absolute atomic E-state index is 3.17. The topological polar surface area (TPSA) is 6.48 Å². The van der Waals surface area contributed by atoms with Crippen LogP contribution in [0.1, 0.15) is 0 Å². The highest BCUT2D eigenvalue weighted by molar-refractivity contribution is 7.11. The van der Waals surface area contributed by atoms with Crippen molar-refractivity contribution in [3.05, 3.63) is 194 Å². The van der Waals surface area contributed by atoms with Gasteiger partial charge in [0.25, 0.3) is 0 Å². The molecule has 51 heavy (non-hydrogen) atoms. The van der Waals surface area contributed by atoms with Gasteiger partial charge in [-0.2, -0.15) is 0 Å². The van der Waals surface area contributed by atoms with Crippen molar-refractivity contribution >= 4 is 41.5 Å². The van der Waals surface area contributed by atoms with Crippen molar-refractivity contribution in [3.63, 3.8) is 0 Å². The summed E-state index contributed by atoms with van der Waals surface area (Å²) in [6.45, 7) is 0. The summed E-state index contributed by atoms with van der Waals surface area (Å²) in [5.41, 5.74) is 17.6. The van der Waals surface area contributed by atoms with E-state index < -0.39 is 8.40 Å². The molecule has 3 aliphatic heterocycles. The van der Waals surface area contributed by atoms with E-state index in [1.54, 1.807) is 0 Å². The van der Waals surface area contributed by atoms with Crippen molar-refractivity contribution in [1.82, 2.24) is 0 Å². The predicted molar refractivity (Wildman–Crippen MR) is 216 cm³/mol. The molecule has 8 aromatic rings. The van der Waals surface area contributed by atoms with Gasteiger partial charge in [0.05, 0.1) is 0 Å². The van der Waals surface area contributed by atoms with Crippen LogP contribution in [0.3, 0.4) is 0 Å². The quantitative estimate of drug-likeness (QED) is 0.170. The van der Waals surface area contributed by atoms with Crippen LogP contribution in [0.4, 0.5) is 22.7 Å². The predicted octanol–water partition coefficient (Wildman–Crippen LogP) is 11.2. The second-order valence-corrected chi connectivity index (χ2v) is 16.9. The summed E-state index contributed by atoms with van der Waals surface area (Å²) < 4.78 is 5.61. The summed E-state index contributed by atoms with van der Waals surface area (Å²) in [5.74, 6) is 0. The van der Waals surface area contributed by atoms with Crippen LogP contribution in [-0.4, -0.2) is 8.40 Å². The molecule has 0 aromatic heterocycles. The number of fused-ring (bicyclic) bond motifs is 13. The zero-order valence-corrected chi connectivity index (χ0v) is 28.9. The monoisotopic (exact) mass is 664 g/mol. The molecule has 3 heteroatoms. The number of nitrogens with zero attached hydrogens (tertiary/aromatic N) is 2. The van der Waals surface area contributed by atoms with E-state index in [0.717, 1.165) is 0 Å². The molecule has 11 rings (SSSR count). The molecule has 3 heterocycles. The van der Waals surface area contributed by atoms with Crippen LogP contribution >= 0.6 is 0 Å². The molecule has 0 fully saturated rings. The fourth-order valence-corrected chi connectivity index (χ4v) is 14.6. The summed E-state index contributed by atoms with van der Waals surface area (Å²) in [7, 11) is -3.17. The average Bonchev–Trinajstić information content (AvgIpc) is 3.33. The van der Waals surface area contributed by atoms with Gasteiger partial charge in [-0.3, -0.25) is 0 Å². The Bertz CT molecular complexity index is 2620. The number of benzene rings is 8. The SMILES string of the molecule is c1ccc(-c2cc3c(cc2-c2ccccc2)N2c4ccccc4-c4ccccc4[Si]24c2ccccc2-c2ccccc2N4c2ccccc2-3)cc1. The van der Waals surface area contributed by atoms with E-state index in [2.05, 4.69) is 203 Å². The zero-order valence-electron chi connectivity index (χ0n) is 27.9. The largest absolute Gasteiger partial charge is 0.342 e. The number of rotatable bonds is 2. The normalized spacial score (nSPS) is 15.8. The second kappa shape index (κ2) is 10.8. The molecule has 0 saturated carbocycles. The van der Waals surface area contributed by atoms with Crippen molar-refractivity contribution in [3.8, 4) is 55.6 Å². The molecule has 0 amide bonds. The van der Waals surface area contributed by atoms with Gasteiger partial charge < -0.3 is 9.13 Å². The molecule has 1 unspecified atom stereocenters. The molecule has 1 spiro atoms. The van der Waals surface area contributed by atoms with Crippen molar-refractivity contribution in [2.75, 3.05) is 9.13 Å². The van der Waals surface area contributed by atoms with Crippen LogP contribution in [0.2, 0.25) is 0 Å². The van der Waals surface area contributed by atoms with E-state index in [-0.39, 0.29) is 0 Å². The Kier molecular flexibility index (Phi) is 6.01. The van der Waals surface area contributed by atoms with E-state index in [1.807, 2.05) is 0 Å². The average molecular weight is 665 g/mol. The molecule has 0 radical (unpaired) electrons. The summed E-state index contributed by atoms with van der Waals surface area (Å²) in [5, 5.41) is 2.81. The van der Waals surface area contributed by atoms with E-state index in [1.165, 1.54) is 88.8 Å². The molecule has 0 aliphatic carbocycles. The summed E-state index contributed by atoms with van der Waals surface area (Å²) >= 11 is 0. The lowest BCUT2D eigenvalue weighted by atomic mass is 9.89. The van der Waals surface area contributed by atoms with Gasteiger partial charge in [-0.25, -0.2) is 0 Å². The third-order valence-corrected chi connectivity index (χ3v) is 15.7. The molecule has 0 bridgehead atoms. The first-order chi connectivity index (χ1) is 25.3. The van der Waals surface area contributed by atoms with E-state index in [4.69, 9.17) is 0 Å². The van der Waals surface area contributed by atoms with E-state index in [0.29, 0.717) is 0 Å². The first kappa shape index (κ1) is 28.4. The standard InChI is InChI=1S/C48H32N2Si/c1-3-17-33(18-4-1)40-31-42-37-23-9-14-28-45(37)49-43-26-12-7-21-35(43)38-24-10-15-29-47(38)51(49)48-30-16-11-25-39(48)36-22-8-13-27-44(36)50(51)46(42)32-41(40)34-19-5-2-6-20-34/h1-32H. The summed E-state index contributed by atoms with van der Waals surface area (Å²) in [6.07, 6.45) is 0. The molecular formula is C48H32N2Si. The maximum Gasteiger partial charge on any atom is 0.341 e. The molecule has 3 aliphatic rings. The van der Waals surface area contributed by atoms with Gasteiger partial charge in [-0.05, 0) is 74.1 Å². The number of anilines is 4. The maximum atomic E-state index is 2.82. The number of hydrogen-bond donors (Lipinski definition) is 0. The fraction of sp³-hybridized carbons (Fsp3) is 0. The van der Waals surface area contributed by atoms with Gasteiger partial charge in [-0.15, -0.1) is 0 Å².